The lowest BCUT2D eigenvalue weighted by Crippen LogP contribution is -2.42. The van der Waals surface area contributed by atoms with Gasteiger partial charge in [-0.25, -0.2) is 22.5 Å². The van der Waals surface area contributed by atoms with Crippen LogP contribution in [-0.4, -0.2) is 38.9 Å². The first-order valence-corrected chi connectivity index (χ1v) is 11.7. The number of aromatic nitrogens is 2. The highest BCUT2D eigenvalue weighted by atomic mass is 19.4. The van der Waals surface area contributed by atoms with Gasteiger partial charge in [0.1, 0.15) is 11.6 Å². The van der Waals surface area contributed by atoms with Crippen molar-refractivity contribution < 1.29 is 40.3 Å². The third-order valence-corrected chi connectivity index (χ3v) is 6.16. The fourth-order valence-corrected chi connectivity index (χ4v) is 4.43. The van der Waals surface area contributed by atoms with Gasteiger partial charge in [0.15, 0.2) is 11.6 Å². The topological polar surface area (TPSA) is 93.2 Å². The maximum Gasteiger partial charge on any atom is 0.449 e. The van der Waals surface area contributed by atoms with Gasteiger partial charge in [-0.2, -0.15) is 13.2 Å². The summed E-state index contributed by atoms with van der Waals surface area (Å²) in [5, 5.41) is 2.43. The van der Waals surface area contributed by atoms with Crippen LogP contribution < -0.4 is 11.1 Å². The van der Waals surface area contributed by atoms with E-state index in [1.165, 1.54) is 17.9 Å². The molecule has 1 aliphatic rings. The molecular formula is C25H22F7N5O2. The van der Waals surface area contributed by atoms with E-state index in [0.717, 1.165) is 16.7 Å². The van der Waals surface area contributed by atoms with Crippen molar-refractivity contribution in [1.29, 1.82) is 0 Å². The van der Waals surface area contributed by atoms with Crippen LogP contribution in [0.15, 0.2) is 30.3 Å². The summed E-state index contributed by atoms with van der Waals surface area (Å²) < 4.78 is 97.6. The van der Waals surface area contributed by atoms with Gasteiger partial charge in [0.05, 0.1) is 17.9 Å². The molecule has 0 fully saturated rings. The SMILES string of the molecule is CC(=O)Nc1ccc(F)c(-c2nc(C(F)(F)F)n3c2CN(C(=O)C[C@H](N)Cc2cc(F)c(F)cc2F)CC3)c1. The van der Waals surface area contributed by atoms with Crippen LogP contribution in [0, 0.1) is 23.3 Å². The fraction of sp³-hybridized carbons (Fsp3) is 0.320. The molecule has 1 atom stereocenters. The third kappa shape index (κ3) is 6.05. The number of amides is 2. The number of hydrogen-bond donors (Lipinski definition) is 2. The molecule has 0 saturated carbocycles. The van der Waals surface area contributed by atoms with Crippen molar-refractivity contribution in [1.82, 2.24) is 14.5 Å². The van der Waals surface area contributed by atoms with E-state index in [-0.39, 0.29) is 60.7 Å². The van der Waals surface area contributed by atoms with Crippen LogP contribution in [0.1, 0.15) is 30.4 Å². The number of nitrogens with zero attached hydrogens (tertiary/aromatic N) is 3. The van der Waals surface area contributed by atoms with Gasteiger partial charge >= 0.3 is 6.18 Å². The minimum Gasteiger partial charge on any atom is -0.335 e. The minimum absolute atomic E-state index is 0.0824. The van der Waals surface area contributed by atoms with E-state index >= 15 is 0 Å². The number of nitrogens with two attached hydrogens (primary N) is 1. The first-order valence-electron chi connectivity index (χ1n) is 11.7. The third-order valence-electron chi connectivity index (χ3n) is 6.16. The fourth-order valence-electron chi connectivity index (χ4n) is 4.43. The highest BCUT2D eigenvalue weighted by Gasteiger charge is 2.41. The zero-order chi connectivity index (χ0) is 28.6. The van der Waals surface area contributed by atoms with Crippen LogP contribution in [0.2, 0.25) is 0 Å². The highest BCUT2D eigenvalue weighted by molar-refractivity contribution is 5.89. The summed E-state index contributed by atoms with van der Waals surface area (Å²) in [4.78, 5) is 29.2. The van der Waals surface area contributed by atoms with E-state index in [4.69, 9.17) is 5.73 Å². The van der Waals surface area contributed by atoms with Crippen molar-refractivity contribution >= 4 is 17.5 Å². The van der Waals surface area contributed by atoms with Crippen LogP contribution in [0.3, 0.4) is 0 Å². The Morgan fingerprint density at radius 3 is 2.38 bits per heavy atom. The quantitative estimate of drug-likeness (QED) is 0.348. The van der Waals surface area contributed by atoms with Crippen LogP contribution in [0.25, 0.3) is 11.3 Å². The van der Waals surface area contributed by atoms with E-state index in [0.29, 0.717) is 12.1 Å². The number of alkyl halides is 3. The van der Waals surface area contributed by atoms with Gasteiger partial charge in [-0.3, -0.25) is 9.59 Å². The van der Waals surface area contributed by atoms with Gasteiger partial charge in [-0.05, 0) is 36.2 Å². The van der Waals surface area contributed by atoms with Gasteiger partial charge in [-0.15, -0.1) is 0 Å². The summed E-state index contributed by atoms with van der Waals surface area (Å²) in [5.41, 5.74) is 5.10. The number of carbonyl (C=O) groups excluding carboxylic acids is 2. The summed E-state index contributed by atoms with van der Waals surface area (Å²) in [7, 11) is 0. The van der Waals surface area contributed by atoms with E-state index in [9.17, 15) is 40.3 Å². The van der Waals surface area contributed by atoms with Crippen LogP contribution in [-0.2, 0) is 35.3 Å². The van der Waals surface area contributed by atoms with Crippen molar-refractivity contribution in [2.75, 3.05) is 11.9 Å². The number of halogens is 7. The monoisotopic (exact) mass is 557 g/mol. The zero-order valence-electron chi connectivity index (χ0n) is 20.4. The number of benzene rings is 2. The average Bonchev–Trinajstić information content (AvgIpc) is 3.22. The van der Waals surface area contributed by atoms with Crippen molar-refractivity contribution in [2.24, 2.45) is 5.73 Å². The van der Waals surface area contributed by atoms with Gasteiger partial charge < -0.3 is 20.5 Å². The van der Waals surface area contributed by atoms with E-state index in [2.05, 4.69) is 10.3 Å². The summed E-state index contributed by atoms with van der Waals surface area (Å²) in [6.07, 6.45) is -5.55. The van der Waals surface area contributed by atoms with Crippen molar-refractivity contribution in [3.8, 4) is 11.3 Å². The second-order valence-electron chi connectivity index (χ2n) is 9.10. The van der Waals surface area contributed by atoms with Crippen molar-refractivity contribution in [3.05, 3.63) is 70.7 Å². The molecule has 0 unspecified atom stereocenters. The molecule has 208 valence electrons. The first-order chi connectivity index (χ1) is 18.2. The molecule has 7 nitrogen and oxygen atoms in total. The zero-order valence-corrected chi connectivity index (χ0v) is 20.4. The molecule has 1 aromatic heterocycles. The van der Waals surface area contributed by atoms with Crippen LogP contribution >= 0.6 is 0 Å². The molecule has 0 radical (unpaired) electrons. The second kappa shape index (κ2) is 10.7. The lowest BCUT2D eigenvalue weighted by atomic mass is 10.0. The summed E-state index contributed by atoms with van der Waals surface area (Å²) in [6, 6.07) is 3.35. The Balaban J connectivity index is 1.60. The molecule has 14 heteroatoms. The molecular weight excluding hydrogens is 535 g/mol. The largest absolute Gasteiger partial charge is 0.449 e. The summed E-state index contributed by atoms with van der Waals surface area (Å²) in [6.45, 7) is 0.389. The number of rotatable bonds is 6. The van der Waals surface area contributed by atoms with Gasteiger partial charge in [0, 0.05) is 49.8 Å². The number of fused-ring (bicyclic) bond motifs is 1. The Morgan fingerprint density at radius 2 is 1.72 bits per heavy atom. The molecule has 3 aromatic rings. The van der Waals surface area contributed by atoms with Gasteiger partial charge in [0.25, 0.3) is 0 Å². The van der Waals surface area contributed by atoms with Crippen molar-refractivity contribution in [2.45, 2.75) is 45.1 Å². The maximum absolute atomic E-state index is 14.8. The standard InChI is InChI=1S/C25H22F7N5O2/c1-12(38)34-15-2-3-17(26)16(9-15)23-21-11-36(4-5-37(21)24(35-23)25(30,31)32)22(39)8-14(33)6-13-7-19(28)20(29)10-18(13)27/h2-3,7,9-10,14H,4-6,8,11,33H2,1H3,(H,34,38)/t14-/m1/s1. The van der Waals surface area contributed by atoms with Gasteiger partial charge in [-0.1, -0.05) is 0 Å². The Morgan fingerprint density at radius 1 is 1.03 bits per heavy atom. The Hall–Kier alpha value is -3.94. The number of hydrogen-bond acceptors (Lipinski definition) is 4. The molecule has 2 heterocycles. The maximum atomic E-state index is 14.8. The lowest BCUT2D eigenvalue weighted by molar-refractivity contribution is -0.148. The Kier molecular flexibility index (Phi) is 7.68. The molecule has 2 amide bonds. The molecule has 3 N–H and O–H groups in total. The number of carbonyl (C=O) groups is 2. The summed E-state index contributed by atoms with van der Waals surface area (Å²) >= 11 is 0. The predicted octanol–water partition coefficient (Wildman–Crippen LogP) is 4.39. The molecule has 0 aliphatic carbocycles. The number of nitrogens with one attached hydrogen (secondary N) is 1. The van der Waals surface area contributed by atoms with Gasteiger partial charge in [0.2, 0.25) is 17.6 Å². The summed E-state index contributed by atoms with van der Waals surface area (Å²) in [5.74, 6) is -6.92. The minimum atomic E-state index is -4.87. The molecule has 0 bridgehead atoms. The Labute approximate surface area is 217 Å². The number of imidazole rings is 1. The van der Waals surface area contributed by atoms with E-state index < -0.39 is 53.1 Å². The normalized spacial score (nSPS) is 14.2. The smallest absolute Gasteiger partial charge is 0.335 e. The van der Waals surface area contributed by atoms with Crippen LogP contribution in [0.4, 0.5) is 36.4 Å². The molecule has 2 aromatic carbocycles. The van der Waals surface area contributed by atoms with Crippen molar-refractivity contribution in [3.63, 3.8) is 0 Å². The predicted molar refractivity (Wildman–Crippen MR) is 125 cm³/mol. The highest BCUT2D eigenvalue weighted by Crippen LogP contribution is 2.37. The number of anilines is 1. The van der Waals surface area contributed by atoms with Crippen LogP contribution in [0.5, 0.6) is 0 Å². The molecule has 0 saturated heterocycles. The second-order valence-corrected chi connectivity index (χ2v) is 9.10. The molecule has 39 heavy (non-hydrogen) atoms. The van der Waals surface area contributed by atoms with E-state index in [1.54, 1.807) is 0 Å². The lowest BCUT2D eigenvalue weighted by Gasteiger charge is -2.30. The average molecular weight is 557 g/mol. The molecule has 1 aliphatic heterocycles. The molecule has 0 spiro atoms. The Bertz CT molecular complexity index is 1440. The van der Waals surface area contributed by atoms with E-state index in [1.807, 2.05) is 0 Å². The first kappa shape index (κ1) is 28.1. The molecule has 4 rings (SSSR count).